The van der Waals surface area contributed by atoms with Gasteiger partial charge in [-0.1, -0.05) is 0 Å². The van der Waals surface area contributed by atoms with Crippen molar-refractivity contribution in [2.45, 2.75) is 25.8 Å². The van der Waals surface area contributed by atoms with Gasteiger partial charge in [-0.2, -0.15) is 5.10 Å². The van der Waals surface area contributed by atoms with Crippen LogP contribution in [-0.2, 0) is 18.3 Å². The van der Waals surface area contributed by atoms with Crippen molar-refractivity contribution in [3.05, 3.63) is 18.0 Å². The number of aryl methyl sites for hydroxylation is 2. The van der Waals surface area contributed by atoms with E-state index in [4.69, 9.17) is 0 Å². The Morgan fingerprint density at radius 3 is 2.84 bits per heavy atom. The van der Waals surface area contributed by atoms with Crippen LogP contribution in [0.4, 0.5) is 0 Å². The molecule has 1 aliphatic rings. The number of aromatic nitrogens is 2. The zero-order valence-corrected chi connectivity index (χ0v) is 13.0. The molecule has 1 aromatic heterocycles. The third-order valence-electron chi connectivity index (χ3n) is 3.11. The predicted molar refractivity (Wildman–Crippen MR) is 80.1 cm³/mol. The number of piperazine rings is 1. The number of rotatable bonds is 3. The van der Waals surface area contributed by atoms with E-state index in [-0.39, 0.29) is 30.7 Å². The quantitative estimate of drug-likeness (QED) is 0.907. The number of nitrogens with one attached hydrogen (secondary N) is 1. The van der Waals surface area contributed by atoms with Crippen molar-refractivity contribution in [3.63, 3.8) is 0 Å². The summed E-state index contributed by atoms with van der Waals surface area (Å²) in [7, 11) is 1.89. The molecule has 1 unspecified atom stereocenters. The van der Waals surface area contributed by atoms with E-state index in [1.165, 1.54) is 0 Å². The molecular formula is C12H22Cl2N4O. The van der Waals surface area contributed by atoms with E-state index in [1.54, 1.807) is 4.68 Å². The van der Waals surface area contributed by atoms with Gasteiger partial charge in [-0.05, 0) is 18.9 Å². The molecule has 1 aliphatic heterocycles. The van der Waals surface area contributed by atoms with E-state index < -0.39 is 0 Å². The third kappa shape index (κ3) is 5.38. The van der Waals surface area contributed by atoms with Crippen LogP contribution in [-0.4, -0.2) is 46.3 Å². The summed E-state index contributed by atoms with van der Waals surface area (Å²) < 4.78 is 1.77. The molecule has 1 aromatic rings. The molecule has 1 fully saturated rings. The first-order valence-corrected chi connectivity index (χ1v) is 6.14. The average molecular weight is 309 g/mol. The molecule has 0 aliphatic carbocycles. The first kappa shape index (κ1) is 18.2. The lowest BCUT2D eigenvalue weighted by molar-refractivity contribution is -0.132. The largest absolute Gasteiger partial charge is 0.340 e. The summed E-state index contributed by atoms with van der Waals surface area (Å²) in [6.45, 7) is 4.67. The number of halogens is 2. The van der Waals surface area contributed by atoms with Crippen molar-refractivity contribution in [2.24, 2.45) is 7.05 Å². The topological polar surface area (TPSA) is 50.2 Å². The van der Waals surface area contributed by atoms with Gasteiger partial charge < -0.3 is 10.2 Å². The SMILES string of the molecule is CC1CN(C(=O)CCc2cnn(C)c2)CCN1.Cl.Cl. The van der Waals surface area contributed by atoms with Gasteiger partial charge in [0.15, 0.2) is 0 Å². The minimum atomic E-state index is 0. The smallest absolute Gasteiger partial charge is 0.223 e. The molecule has 0 saturated carbocycles. The van der Waals surface area contributed by atoms with Crippen LogP contribution in [0.2, 0.25) is 0 Å². The van der Waals surface area contributed by atoms with Crippen LogP contribution in [0.15, 0.2) is 12.4 Å². The van der Waals surface area contributed by atoms with Crippen molar-refractivity contribution < 1.29 is 4.79 Å². The second kappa shape index (κ2) is 8.40. The zero-order valence-electron chi connectivity index (χ0n) is 11.3. The Labute approximate surface area is 126 Å². The number of carbonyl (C=O) groups excluding carboxylic acids is 1. The van der Waals surface area contributed by atoms with Crippen molar-refractivity contribution in [2.75, 3.05) is 19.6 Å². The van der Waals surface area contributed by atoms with Gasteiger partial charge in [0.2, 0.25) is 5.91 Å². The van der Waals surface area contributed by atoms with E-state index in [0.29, 0.717) is 12.5 Å². The normalized spacial score (nSPS) is 18.4. The van der Waals surface area contributed by atoms with Gasteiger partial charge >= 0.3 is 0 Å². The Balaban J connectivity index is 0.00000162. The highest BCUT2D eigenvalue weighted by Crippen LogP contribution is 2.06. The molecule has 7 heteroatoms. The Morgan fingerprint density at radius 2 is 2.26 bits per heavy atom. The highest BCUT2D eigenvalue weighted by atomic mass is 35.5. The molecule has 1 amide bonds. The molecule has 110 valence electrons. The Kier molecular flexibility index (Phi) is 8.06. The van der Waals surface area contributed by atoms with Crippen LogP contribution >= 0.6 is 24.8 Å². The first-order chi connectivity index (χ1) is 8.15. The van der Waals surface area contributed by atoms with Crippen molar-refractivity contribution in [3.8, 4) is 0 Å². The average Bonchev–Trinajstić information content (AvgIpc) is 2.72. The molecule has 5 nitrogen and oxygen atoms in total. The molecular weight excluding hydrogens is 287 g/mol. The minimum absolute atomic E-state index is 0. The number of hydrogen-bond acceptors (Lipinski definition) is 3. The molecule has 2 rings (SSSR count). The van der Waals surface area contributed by atoms with Crippen molar-refractivity contribution >= 4 is 30.7 Å². The maximum atomic E-state index is 12.0. The fraction of sp³-hybridized carbons (Fsp3) is 0.667. The maximum absolute atomic E-state index is 12.0. The summed E-state index contributed by atoms with van der Waals surface area (Å²) in [4.78, 5) is 14.0. The molecule has 1 atom stereocenters. The number of hydrogen-bond donors (Lipinski definition) is 1. The van der Waals surface area contributed by atoms with E-state index >= 15 is 0 Å². The summed E-state index contributed by atoms with van der Waals surface area (Å²) >= 11 is 0. The standard InChI is InChI=1S/C12H20N4O.2ClH/c1-10-8-16(6-5-13-10)12(17)4-3-11-7-14-15(2)9-11;;/h7,9-10,13H,3-6,8H2,1-2H3;2*1H. The van der Waals surface area contributed by atoms with Gasteiger partial charge in [0.1, 0.15) is 0 Å². The molecule has 19 heavy (non-hydrogen) atoms. The van der Waals surface area contributed by atoms with E-state index in [0.717, 1.165) is 31.6 Å². The summed E-state index contributed by atoms with van der Waals surface area (Å²) in [5.74, 6) is 0.252. The molecule has 1 N–H and O–H groups in total. The van der Waals surface area contributed by atoms with E-state index in [1.807, 2.05) is 24.3 Å². The zero-order chi connectivity index (χ0) is 12.3. The fourth-order valence-corrected chi connectivity index (χ4v) is 2.17. The van der Waals surface area contributed by atoms with Crippen LogP contribution in [0.5, 0.6) is 0 Å². The van der Waals surface area contributed by atoms with E-state index in [9.17, 15) is 4.79 Å². The van der Waals surface area contributed by atoms with Gasteiger partial charge in [-0.25, -0.2) is 0 Å². The number of amides is 1. The fourth-order valence-electron chi connectivity index (χ4n) is 2.17. The van der Waals surface area contributed by atoms with Gasteiger partial charge in [-0.15, -0.1) is 24.8 Å². The van der Waals surface area contributed by atoms with Gasteiger partial charge in [0.05, 0.1) is 6.20 Å². The predicted octanol–water partition coefficient (Wildman–Crippen LogP) is 1.02. The second-order valence-electron chi connectivity index (χ2n) is 4.72. The first-order valence-electron chi connectivity index (χ1n) is 6.14. The third-order valence-corrected chi connectivity index (χ3v) is 3.11. The monoisotopic (exact) mass is 308 g/mol. The number of nitrogens with zero attached hydrogens (tertiary/aromatic N) is 3. The molecule has 0 radical (unpaired) electrons. The summed E-state index contributed by atoms with van der Waals surface area (Å²) in [6.07, 6.45) is 5.16. The minimum Gasteiger partial charge on any atom is -0.340 e. The highest BCUT2D eigenvalue weighted by Gasteiger charge is 2.19. The molecule has 0 bridgehead atoms. The molecule has 2 heterocycles. The summed E-state index contributed by atoms with van der Waals surface area (Å²) in [5, 5.41) is 7.44. The van der Waals surface area contributed by atoms with Crippen LogP contribution in [0, 0.1) is 0 Å². The lowest BCUT2D eigenvalue weighted by Crippen LogP contribution is -2.51. The lowest BCUT2D eigenvalue weighted by atomic mass is 10.1. The Bertz CT molecular complexity index is 397. The van der Waals surface area contributed by atoms with Crippen molar-refractivity contribution in [1.82, 2.24) is 20.0 Å². The number of carbonyl (C=O) groups is 1. The second-order valence-corrected chi connectivity index (χ2v) is 4.72. The van der Waals surface area contributed by atoms with Gasteiger partial charge in [0, 0.05) is 45.3 Å². The summed E-state index contributed by atoms with van der Waals surface area (Å²) in [6, 6.07) is 0.408. The van der Waals surface area contributed by atoms with Crippen LogP contribution < -0.4 is 5.32 Å². The summed E-state index contributed by atoms with van der Waals surface area (Å²) in [5.41, 5.74) is 1.13. The van der Waals surface area contributed by atoms with Crippen LogP contribution in [0.1, 0.15) is 18.9 Å². The van der Waals surface area contributed by atoms with Gasteiger partial charge in [-0.3, -0.25) is 9.48 Å². The van der Waals surface area contributed by atoms with Crippen LogP contribution in [0.3, 0.4) is 0 Å². The maximum Gasteiger partial charge on any atom is 0.223 e. The molecule has 1 saturated heterocycles. The molecule has 0 spiro atoms. The van der Waals surface area contributed by atoms with E-state index in [2.05, 4.69) is 17.3 Å². The highest BCUT2D eigenvalue weighted by molar-refractivity contribution is 5.85. The van der Waals surface area contributed by atoms with Crippen LogP contribution in [0.25, 0.3) is 0 Å². The molecule has 0 aromatic carbocycles. The Hall–Kier alpha value is -0.780. The van der Waals surface area contributed by atoms with Crippen molar-refractivity contribution in [1.29, 1.82) is 0 Å². The lowest BCUT2D eigenvalue weighted by Gasteiger charge is -2.31. The Morgan fingerprint density at radius 1 is 1.53 bits per heavy atom. The van der Waals surface area contributed by atoms with Gasteiger partial charge in [0.25, 0.3) is 0 Å².